The third-order valence-corrected chi connectivity index (χ3v) is 6.50. The Hall–Kier alpha value is -3.57. The molecule has 5 nitrogen and oxygen atoms in total. The molecule has 2 heterocycles. The Kier molecular flexibility index (Phi) is 5.65. The highest BCUT2D eigenvalue weighted by molar-refractivity contribution is 6.30. The van der Waals surface area contributed by atoms with Crippen molar-refractivity contribution < 1.29 is 9.59 Å². The summed E-state index contributed by atoms with van der Waals surface area (Å²) in [7, 11) is 2.00. The topological polar surface area (TPSA) is 54.3 Å². The van der Waals surface area contributed by atoms with Crippen LogP contribution in [0.4, 0.5) is 0 Å². The zero-order valence-corrected chi connectivity index (χ0v) is 19.0. The number of fused-ring (bicyclic) bond motifs is 2. The van der Waals surface area contributed by atoms with Crippen molar-refractivity contribution in [2.45, 2.75) is 12.5 Å². The van der Waals surface area contributed by atoms with Crippen LogP contribution in [-0.2, 0) is 18.3 Å². The van der Waals surface area contributed by atoms with Gasteiger partial charge in [-0.1, -0.05) is 60.1 Å². The summed E-state index contributed by atoms with van der Waals surface area (Å²) < 4.78 is 2.07. The van der Waals surface area contributed by atoms with E-state index in [1.165, 1.54) is 0 Å². The number of hydrogen-bond donors (Lipinski definition) is 1. The minimum Gasteiger partial charge on any atom is -0.354 e. The van der Waals surface area contributed by atoms with Gasteiger partial charge in [-0.3, -0.25) is 9.59 Å². The van der Waals surface area contributed by atoms with Crippen LogP contribution in [0.2, 0.25) is 5.02 Å². The van der Waals surface area contributed by atoms with Gasteiger partial charge in [-0.2, -0.15) is 0 Å². The molecule has 1 aliphatic rings. The number of para-hydroxylation sites is 1. The van der Waals surface area contributed by atoms with Crippen LogP contribution in [-0.4, -0.2) is 34.4 Å². The summed E-state index contributed by atoms with van der Waals surface area (Å²) in [5.41, 5.74) is 4.81. The van der Waals surface area contributed by atoms with E-state index in [1.54, 1.807) is 4.90 Å². The number of carbonyl (C=O) groups is 2. The molecule has 4 aromatic rings. The standard InChI is InChI=1S/C27H24ClN3O2/c1-30-16-23(20-6-4-5-9-24(20)30)26-21-7-2-3-8-22(21)27(33)31(26)17-25(32)29-15-14-18-10-12-19(28)13-11-18/h2-13,16,26H,14-15,17H2,1H3,(H,29,32)/t26-/m1/s1. The number of rotatable bonds is 6. The van der Waals surface area contributed by atoms with Crippen LogP contribution in [0.3, 0.4) is 0 Å². The molecule has 3 aromatic carbocycles. The number of aromatic nitrogens is 1. The molecule has 1 aliphatic heterocycles. The highest BCUT2D eigenvalue weighted by Crippen LogP contribution is 2.41. The van der Waals surface area contributed by atoms with E-state index in [-0.39, 0.29) is 24.4 Å². The number of nitrogens with one attached hydrogen (secondary N) is 1. The van der Waals surface area contributed by atoms with Crippen molar-refractivity contribution in [1.82, 2.24) is 14.8 Å². The molecule has 1 aromatic heterocycles. The normalized spacial score (nSPS) is 15.2. The Labute approximate surface area is 197 Å². The molecule has 1 N–H and O–H groups in total. The molecule has 33 heavy (non-hydrogen) atoms. The maximum Gasteiger partial charge on any atom is 0.255 e. The predicted molar refractivity (Wildman–Crippen MR) is 130 cm³/mol. The molecule has 0 saturated heterocycles. The molecule has 0 fully saturated rings. The molecule has 2 amide bonds. The van der Waals surface area contributed by atoms with Gasteiger partial charge in [0.2, 0.25) is 5.91 Å². The number of nitrogens with zero attached hydrogens (tertiary/aromatic N) is 2. The smallest absolute Gasteiger partial charge is 0.255 e. The van der Waals surface area contributed by atoms with Gasteiger partial charge in [0.15, 0.2) is 0 Å². The number of carbonyl (C=O) groups excluding carboxylic acids is 2. The molecule has 0 spiro atoms. The van der Waals surface area contributed by atoms with Crippen LogP contribution >= 0.6 is 11.6 Å². The largest absolute Gasteiger partial charge is 0.354 e. The average molecular weight is 458 g/mol. The number of hydrogen-bond acceptors (Lipinski definition) is 2. The molecule has 0 bridgehead atoms. The predicted octanol–water partition coefficient (Wildman–Crippen LogP) is 4.74. The molecule has 0 unspecified atom stereocenters. The highest BCUT2D eigenvalue weighted by atomic mass is 35.5. The lowest BCUT2D eigenvalue weighted by atomic mass is 9.97. The van der Waals surface area contributed by atoms with Crippen LogP contribution in [0.15, 0.2) is 79.0 Å². The van der Waals surface area contributed by atoms with Gasteiger partial charge in [0.05, 0.1) is 6.04 Å². The molecule has 5 rings (SSSR count). The number of amides is 2. The van der Waals surface area contributed by atoms with Crippen LogP contribution in [0.1, 0.15) is 33.1 Å². The summed E-state index contributed by atoms with van der Waals surface area (Å²) in [4.78, 5) is 27.9. The van der Waals surface area contributed by atoms with Gasteiger partial charge in [0.1, 0.15) is 6.54 Å². The van der Waals surface area contributed by atoms with Crippen LogP contribution < -0.4 is 5.32 Å². The average Bonchev–Trinajstić information content (AvgIpc) is 3.29. The van der Waals surface area contributed by atoms with Gasteiger partial charge in [-0.15, -0.1) is 0 Å². The second-order valence-electron chi connectivity index (χ2n) is 8.36. The maximum absolute atomic E-state index is 13.3. The summed E-state index contributed by atoms with van der Waals surface area (Å²) in [5.74, 6) is -0.285. The zero-order valence-electron chi connectivity index (χ0n) is 18.3. The molecular weight excluding hydrogens is 434 g/mol. The Bertz CT molecular complexity index is 1340. The second-order valence-corrected chi connectivity index (χ2v) is 8.80. The van der Waals surface area contributed by atoms with Gasteiger partial charge < -0.3 is 14.8 Å². The Morgan fingerprint density at radius 2 is 1.70 bits per heavy atom. The first-order chi connectivity index (χ1) is 16.0. The lowest BCUT2D eigenvalue weighted by molar-refractivity contribution is -0.122. The molecule has 1 atom stereocenters. The Balaban J connectivity index is 1.39. The number of aryl methyl sites for hydroxylation is 1. The maximum atomic E-state index is 13.3. The van der Waals surface area contributed by atoms with Gasteiger partial charge in [-0.25, -0.2) is 0 Å². The van der Waals surface area contributed by atoms with E-state index < -0.39 is 0 Å². The molecule has 0 saturated carbocycles. The van der Waals surface area contributed by atoms with E-state index >= 15 is 0 Å². The first kappa shape index (κ1) is 21.3. The van der Waals surface area contributed by atoms with E-state index in [1.807, 2.05) is 67.7 Å². The fourth-order valence-corrected chi connectivity index (χ4v) is 4.79. The van der Waals surface area contributed by atoms with Crippen molar-refractivity contribution in [3.63, 3.8) is 0 Å². The summed E-state index contributed by atoms with van der Waals surface area (Å²) in [6, 6.07) is 23.1. The molecule has 166 valence electrons. The third-order valence-electron chi connectivity index (χ3n) is 6.24. The highest BCUT2D eigenvalue weighted by Gasteiger charge is 2.39. The van der Waals surface area contributed by atoms with Crippen LogP contribution in [0, 0.1) is 0 Å². The van der Waals surface area contributed by atoms with Gasteiger partial charge >= 0.3 is 0 Å². The number of benzene rings is 3. The number of halogens is 1. The van der Waals surface area contributed by atoms with Crippen molar-refractivity contribution >= 4 is 34.3 Å². The summed E-state index contributed by atoms with van der Waals surface area (Å²) >= 11 is 5.94. The zero-order chi connectivity index (χ0) is 22.9. The van der Waals surface area contributed by atoms with Crippen molar-refractivity contribution in [2.24, 2.45) is 7.05 Å². The van der Waals surface area contributed by atoms with E-state index in [0.717, 1.165) is 27.6 Å². The van der Waals surface area contributed by atoms with Crippen molar-refractivity contribution in [1.29, 1.82) is 0 Å². The molecule has 0 radical (unpaired) electrons. The van der Waals surface area contributed by atoms with E-state index in [2.05, 4.69) is 28.2 Å². The third kappa shape index (κ3) is 4.00. The van der Waals surface area contributed by atoms with Crippen molar-refractivity contribution in [3.8, 4) is 0 Å². The van der Waals surface area contributed by atoms with Gasteiger partial charge in [-0.05, 0) is 41.8 Å². The fourth-order valence-electron chi connectivity index (χ4n) is 4.67. The van der Waals surface area contributed by atoms with E-state index in [0.29, 0.717) is 23.6 Å². The molecular formula is C27H24ClN3O2. The first-order valence-corrected chi connectivity index (χ1v) is 11.4. The van der Waals surface area contributed by atoms with Crippen LogP contribution in [0.25, 0.3) is 10.9 Å². The first-order valence-electron chi connectivity index (χ1n) is 11.0. The van der Waals surface area contributed by atoms with Crippen molar-refractivity contribution in [2.75, 3.05) is 13.1 Å². The van der Waals surface area contributed by atoms with Gasteiger partial charge in [0, 0.05) is 46.8 Å². The molecule has 6 heteroatoms. The fraction of sp³-hybridized carbons (Fsp3) is 0.185. The minimum absolute atomic E-state index is 0.00200. The van der Waals surface area contributed by atoms with E-state index in [9.17, 15) is 9.59 Å². The second kappa shape index (κ2) is 8.75. The minimum atomic E-state index is -0.304. The quantitative estimate of drug-likeness (QED) is 0.455. The summed E-state index contributed by atoms with van der Waals surface area (Å²) in [5, 5.41) is 4.74. The summed E-state index contributed by atoms with van der Waals surface area (Å²) in [6.07, 6.45) is 2.76. The monoisotopic (exact) mass is 457 g/mol. The Morgan fingerprint density at radius 3 is 2.52 bits per heavy atom. The van der Waals surface area contributed by atoms with Crippen LogP contribution in [0.5, 0.6) is 0 Å². The summed E-state index contributed by atoms with van der Waals surface area (Å²) in [6.45, 7) is 0.496. The van der Waals surface area contributed by atoms with Crippen molar-refractivity contribution in [3.05, 3.63) is 106 Å². The lowest BCUT2D eigenvalue weighted by Crippen LogP contribution is -2.40. The van der Waals surface area contributed by atoms with Gasteiger partial charge in [0.25, 0.3) is 5.91 Å². The SMILES string of the molecule is Cn1cc([C@H]2c3ccccc3C(=O)N2CC(=O)NCCc2ccc(Cl)cc2)c2ccccc21. The lowest BCUT2D eigenvalue weighted by Gasteiger charge is -2.25. The molecule has 0 aliphatic carbocycles. The Morgan fingerprint density at radius 1 is 0.970 bits per heavy atom. The van der Waals surface area contributed by atoms with E-state index in [4.69, 9.17) is 11.6 Å².